The van der Waals surface area contributed by atoms with E-state index in [4.69, 9.17) is 0 Å². The van der Waals surface area contributed by atoms with Crippen LogP contribution < -0.4 is 5.32 Å². The molecule has 0 aliphatic carbocycles. The molecule has 0 saturated heterocycles. The maximum absolute atomic E-state index is 4.38. The van der Waals surface area contributed by atoms with Gasteiger partial charge in [-0.25, -0.2) is 15.0 Å². The molecule has 0 radical (unpaired) electrons. The van der Waals surface area contributed by atoms with Crippen LogP contribution in [-0.4, -0.2) is 15.0 Å². The van der Waals surface area contributed by atoms with Crippen molar-refractivity contribution in [2.75, 3.05) is 5.32 Å². The summed E-state index contributed by atoms with van der Waals surface area (Å²) in [6, 6.07) is 0.209. The molecule has 0 amide bonds. The number of anilines is 1. The van der Waals surface area contributed by atoms with Crippen molar-refractivity contribution < 1.29 is 0 Å². The van der Waals surface area contributed by atoms with E-state index in [0.717, 1.165) is 27.5 Å². The number of aryl methyl sites for hydroxylation is 1. The number of aromatic nitrogens is 3. The van der Waals surface area contributed by atoms with E-state index in [-0.39, 0.29) is 6.04 Å². The van der Waals surface area contributed by atoms with Gasteiger partial charge < -0.3 is 5.32 Å². The molecular weight excluding hydrogens is 276 g/mol. The van der Waals surface area contributed by atoms with Gasteiger partial charge in [-0.3, -0.25) is 0 Å². The summed E-state index contributed by atoms with van der Waals surface area (Å²) in [7, 11) is 0. The second-order valence-electron chi connectivity index (χ2n) is 4.29. The summed E-state index contributed by atoms with van der Waals surface area (Å²) in [6.45, 7) is 4.23. The number of thiophene rings is 1. The molecule has 6 heteroatoms. The molecule has 1 N–H and O–H groups in total. The predicted octanol–water partition coefficient (Wildman–Crippen LogP) is 4.02. The molecule has 4 nitrogen and oxygen atoms in total. The second kappa shape index (κ2) is 5.22. The highest BCUT2D eigenvalue weighted by Crippen LogP contribution is 2.31. The molecule has 3 rings (SSSR count). The summed E-state index contributed by atoms with van der Waals surface area (Å²) in [5.41, 5.74) is 2.24. The third-order valence-corrected chi connectivity index (χ3v) is 4.98. The van der Waals surface area contributed by atoms with E-state index in [0.29, 0.717) is 0 Å². The van der Waals surface area contributed by atoms with E-state index in [9.17, 15) is 0 Å². The molecule has 0 bridgehead atoms. The molecule has 0 aliphatic heterocycles. The third-order valence-electron chi connectivity index (χ3n) is 3.00. The molecule has 0 saturated carbocycles. The van der Waals surface area contributed by atoms with Crippen LogP contribution in [0.1, 0.15) is 30.0 Å². The van der Waals surface area contributed by atoms with Gasteiger partial charge in [-0.2, -0.15) is 0 Å². The first-order chi connectivity index (χ1) is 9.29. The summed E-state index contributed by atoms with van der Waals surface area (Å²) in [4.78, 5) is 13.1. The lowest BCUT2D eigenvalue weighted by Gasteiger charge is -2.15. The largest absolute Gasteiger partial charge is 0.360 e. The number of hydrogen-bond donors (Lipinski definition) is 1. The van der Waals surface area contributed by atoms with E-state index in [1.54, 1.807) is 29.0 Å². The van der Waals surface area contributed by atoms with Gasteiger partial charge in [0.25, 0.3) is 0 Å². The van der Waals surface area contributed by atoms with Crippen molar-refractivity contribution in [3.05, 3.63) is 33.9 Å². The van der Waals surface area contributed by atoms with E-state index in [1.165, 1.54) is 5.56 Å². The Morgan fingerprint density at radius 2 is 2.16 bits per heavy atom. The van der Waals surface area contributed by atoms with Gasteiger partial charge >= 0.3 is 0 Å². The van der Waals surface area contributed by atoms with Crippen molar-refractivity contribution in [1.82, 2.24) is 15.0 Å². The van der Waals surface area contributed by atoms with Crippen molar-refractivity contribution in [3.63, 3.8) is 0 Å². The van der Waals surface area contributed by atoms with Gasteiger partial charge in [-0.05, 0) is 24.3 Å². The molecule has 19 heavy (non-hydrogen) atoms. The number of thiazole rings is 1. The van der Waals surface area contributed by atoms with Crippen LogP contribution in [0.15, 0.2) is 23.3 Å². The van der Waals surface area contributed by atoms with Crippen LogP contribution in [0.4, 0.5) is 5.82 Å². The first kappa shape index (κ1) is 12.5. The molecule has 3 heterocycles. The van der Waals surface area contributed by atoms with Crippen molar-refractivity contribution >= 4 is 38.7 Å². The molecule has 0 aromatic carbocycles. The molecule has 3 aromatic rings. The maximum Gasteiger partial charge on any atom is 0.148 e. The molecule has 3 aromatic heterocycles. The highest BCUT2D eigenvalue weighted by molar-refractivity contribution is 7.18. The van der Waals surface area contributed by atoms with E-state index >= 15 is 0 Å². The highest BCUT2D eigenvalue weighted by atomic mass is 32.1. The minimum Gasteiger partial charge on any atom is -0.360 e. The second-order valence-corrected chi connectivity index (χ2v) is 6.10. The molecule has 98 valence electrons. The third kappa shape index (κ3) is 2.33. The summed E-state index contributed by atoms with van der Waals surface area (Å²) in [6.07, 6.45) is 4.44. The smallest absolute Gasteiger partial charge is 0.148 e. The Labute approximate surface area is 119 Å². The quantitative estimate of drug-likeness (QED) is 0.788. The Kier molecular flexibility index (Phi) is 3.44. The molecule has 1 unspecified atom stereocenters. The standard InChI is InChI=1S/C13H14N4S2/c1-3-9(13-14-4-5-18-13)17-12-11-10(15-7-16-12)8(2)6-19-11/h4-7,9H,3H2,1-2H3,(H,15,16,17). The summed E-state index contributed by atoms with van der Waals surface area (Å²) in [5, 5.41) is 8.72. The minimum atomic E-state index is 0.209. The summed E-state index contributed by atoms with van der Waals surface area (Å²) in [5.74, 6) is 0.908. The number of rotatable bonds is 4. The Hall–Kier alpha value is -1.53. The fourth-order valence-electron chi connectivity index (χ4n) is 1.98. The fourth-order valence-corrected chi connectivity index (χ4v) is 3.71. The van der Waals surface area contributed by atoms with Gasteiger partial charge in [0, 0.05) is 11.6 Å². The van der Waals surface area contributed by atoms with Crippen LogP contribution in [0.2, 0.25) is 0 Å². The monoisotopic (exact) mass is 290 g/mol. The average Bonchev–Trinajstić information content (AvgIpc) is 3.07. The van der Waals surface area contributed by atoms with Crippen LogP contribution in [0.3, 0.4) is 0 Å². The lowest BCUT2D eigenvalue weighted by atomic mass is 10.2. The van der Waals surface area contributed by atoms with Crippen LogP contribution >= 0.6 is 22.7 Å². The zero-order chi connectivity index (χ0) is 13.2. The van der Waals surface area contributed by atoms with Gasteiger partial charge in [0.05, 0.1) is 16.3 Å². The van der Waals surface area contributed by atoms with Crippen LogP contribution in [0.5, 0.6) is 0 Å². The van der Waals surface area contributed by atoms with E-state index in [1.807, 2.05) is 11.6 Å². The number of fused-ring (bicyclic) bond motifs is 1. The molecule has 0 fully saturated rings. The zero-order valence-electron chi connectivity index (χ0n) is 10.8. The van der Waals surface area contributed by atoms with Gasteiger partial charge in [-0.1, -0.05) is 6.92 Å². The fraction of sp³-hybridized carbons (Fsp3) is 0.308. The van der Waals surface area contributed by atoms with Gasteiger partial charge in [0.2, 0.25) is 0 Å². The average molecular weight is 290 g/mol. The van der Waals surface area contributed by atoms with Crippen LogP contribution in [0.25, 0.3) is 10.2 Å². The lowest BCUT2D eigenvalue weighted by Crippen LogP contribution is -2.10. The number of nitrogens with zero attached hydrogens (tertiary/aromatic N) is 3. The Morgan fingerprint density at radius 3 is 2.89 bits per heavy atom. The molecule has 0 aliphatic rings. The number of hydrogen-bond acceptors (Lipinski definition) is 6. The SMILES string of the molecule is CCC(Nc1ncnc2c(C)csc12)c1nccs1. The Balaban J connectivity index is 1.96. The first-order valence-electron chi connectivity index (χ1n) is 6.14. The van der Waals surface area contributed by atoms with Gasteiger partial charge in [-0.15, -0.1) is 22.7 Å². The van der Waals surface area contributed by atoms with Crippen molar-refractivity contribution in [2.24, 2.45) is 0 Å². The summed E-state index contributed by atoms with van der Waals surface area (Å²) >= 11 is 3.36. The van der Waals surface area contributed by atoms with Crippen molar-refractivity contribution in [2.45, 2.75) is 26.3 Å². The minimum absolute atomic E-state index is 0.209. The Bertz CT molecular complexity index is 675. The van der Waals surface area contributed by atoms with Crippen molar-refractivity contribution in [1.29, 1.82) is 0 Å². The van der Waals surface area contributed by atoms with Crippen LogP contribution in [0, 0.1) is 6.92 Å². The molecule has 1 atom stereocenters. The molecular formula is C13H14N4S2. The Morgan fingerprint density at radius 1 is 1.26 bits per heavy atom. The first-order valence-corrected chi connectivity index (χ1v) is 7.90. The van der Waals surface area contributed by atoms with Crippen molar-refractivity contribution in [3.8, 4) is 0 Å². The normalized spacial score (nSPS) is 12.7. The van der Waals surface area contributed by atoms with E-state index < -0.39 is 0 Å². The van der Waals surface area contributed by atoms with Gasteiger partial charge in [0.1, 0.15) is 17.2 Å². The predicted molar refractivity (Wildman–Crippen MR) is 80.9 cm³/mol. The summed E-state index contributed by atoms with van der Waals surface area (Å²) < 4.78 is 1.12. The highest BCUT2D eigenvalue weighted by Gasteiger charge is 2.15. The molecule has 0 spiro atoms. The van der Waals surface area contributed by atoms with E-state index in [2.05, 4.69) is 39.5 Å². The topological polar surface area (TPSA) is 50.7 Å². The zero-order valence-corrected chi connectivity index (χ0v) is 12.4. The van der Waals surface area contributed by atoms with Gasteiger partial charge in [0.15, 0.2) is 0 Å². The van der Waals surface area contributed by atoms with Crippen LogP contribution in [-0.2, 0) is 0 Å². The lowest BCUT2D eigenvalue weighted by molar-refractivity contribution is 0.738. The maximum atomic E-state index is 4.38. The number of nitrogens with one attached hydrogen (secondary N) is 1.